The maximum absolute atomic E-state index is 13.4. The minimum Gasteiger partial charge on any atom is -0.507 e. The number of thiophene rings is 1. The number of hydrogen-bond donors (Lipinski definition) is 2. The second kappa shape index (κ2) is 9.05. The number of Topliss-reactive ketones (excluding diaryl/α,β-unsaturated/α-hetero) is 1. The number of carbonyl (C=O) groups excluding carboxylic acids is 2. The number of aromatic nitrogens is 1. The number of hydrogen-bond acceptors (Lipinski definition) is 8. The highest BCUT2D eigenvalue weighted by atomic mass is 35.5. The average Bonchev–Trinajstić information content (AvgIpc) is 3.56. The number of benzene rings is 2. The van der Waals surface area contributed by atoms with Gasteiger partial charge in [-0.05, 0) is 54.3 Å². The molecule has 11 heteroatoms. The Morgan fingerprint density at radius 3 is 2.61 bits per heavy atom. The van der Waals surface area contributed by atoms with Crippen molar-refractivity contribution in [3.05, 3.63) is 80.0 Å². The summed E-state index contributed by atoms with van der Waals surface area (Å²) in [6.07, 6.45) is 0. The van der Waals surface area contributed by atoms with Gasteiger partial charge in [0.05, 0.1) is 39.0 Å². The van der Waals surface area contributed by atoms with Crippen LogP contribution < -0.4 is 9.64 Å². The fraction of sp³-hybridized carbons (Fsp3) is 0.120. The van der Waals surface area contributed by atoms with Crippen LogP contribution in [-0.2, 0) is 9.59 Å². The van der Waals surface area contributed by atoms with Crippen molar-refractivity contribution in [1.29, 1.82) is 0 Å². The Labute approximate surface area is 217 Å². The number of aliphatic hydroxyl groups excluding tert-OH is 1. The largest absolute Gasteiger partial charge is 0.507 e. The van der Waals surface area contributed by atoms with Crippen LogP contribution in [0.1, 0.15) is 32.4 Å². The van der Waals surface area contributed by atoms with Crippen LogP contribution in [0.15, 0.2) is 53.4 Å². The predicted molar refractivity (Wildman–Crippen MR) is 138 cm³/mol. The van der Waals surface area contributed by atoms with Gasteiger partial charge in [-0.1, -0.05) is 29.0 Å². The van der Waals surface area contributed by atoms with Crippen molar-refractivity contribution in [2.45, 2.75) is 13.0 Å². The molecule has 4 aromatic rings. The first-order valence-corrected chi connectivity index (χ1v) is 12.6. The first-order chi connectivity index (χ1) is 17.2. The number of carbonyl (C=O) groups is 3. The standard InChI is InChI=1S/C25H17ClN2O6S2/c1-11-8-13(22(34-2)14(26)9-11)20(29)18-19(16-4-3-7-35-16)28(23(31)21(18)30)25-27-15-6-5-12(24(32)33)10-17(15)36-25/h3-10,19,29H,1-2H3,(H,32,33)/b20-18+. The maximum atomic E-state index is 13.4. The van der Waals surface area contributed by atoms with Crippen molar-refractivity contribution in [2.75, 3.05) is 12.0 Å². The zero-order valence-corrected chi connectivity index (χ0v) is 21.2. The van der Waals surface area contributed by atoms with Gasteiger partial charge in [-0.2, -0.15) is 0 Å². The van der Waals surface area contributed by atoms with Crippen LogP contribution in [-0.4, -0.2) is 40.0 Å². The van der Waals surface area contributed by atoms with Gasteiger partial charge in [-0.15, -0.1) is 11.3 Å². The Kier molecular flexibility index (Phi) is 6.03. The molecule has 1 amide bonds. The molecular weight excluding hydrogens is 524 g/mol. The molecule has 2 aromatic heterocycles. The first kappa shape index (κ1) is 24.0. The molecular formula is C25H17ClN2O6S2. The molecule has 1 aliphatic heterocycles. The van der Waals surface area contributed by atoms with Gasteiger partial charge in [0.15, 0.2) is 5.13 Å². The molecule has 1 unspecified atom stereocenters. The Balaban J connectivity index is 1.73. The number of aryl methyl sites for hydroxylation is 1. The number of methoxy groups -OCH3 is 1. The maximum Gasteiger partial charge on any atom is 0.335 e. The van der Waals surface area contributed by atoms with Crippen LogP contribution in [0.4, 0.5) is 5.13 Å². The number of ether oxygens (including phenoxy) is 1. The third-order valence-corrected chi connectivity index (χ3v) is 7.96. The van der Waals surface area contributed by atoms with E-state index in [-0.39, 0.29) is 32.6 Å². The molecule has 0 spiro atoms. The summed E-state index contributed by atoms with van der Waals surface area (Å²) >= 11 is 8.73. The lowest BCUT2D eigenvalue weighted by atomic mass is 9.98. The summed E-state index contributed by atoms with van der Waals surface area (Å²) in [7, 11) is 1.40. The second-order valence-corrected chi connectivity index (χ2v) is 10.4. The van der Waals surface area contributed by atoms with Gasteiger partial charge < -0.3 is 14.9 Å². The number of halogens is 1. The summed E-state index contributed by atoms with van der Waals surface area (Å²) in [5.41, 5.74) is 1.37. The smallest absolute Gasteiger partial charge is 0.335 e. The van der Waals surface area contributed by atoms with E-state index < -0.39 is 29.5 Å². The third-order valence-electron chi connectivity index (χ3n) is 5.73. The number of nitrogens with zero attached hydrogens (tertiary/aromatic N) is 2. The molecule has 1 atom stereocenters. The number of fused-ring (bicyclic) bond motifs is 1. The predicted octanol–water partition coefficient (Wildman–Crippen LogP) is 5.65. The monoisotopic (exact) mass is 540 g/mol. The zero-order valence-electron chi connectivity index (χ0n) is 18.8. The van der Waals surface area contributed by atoms with Gasteiger partial charge in [-0.3, -0.25) is 14.5 Å². The number of rotatable bonds is 5. The normalized spacial score (nSPS) is 17.2. The number of carboxylic acid groups (broad SMARTS) is 1. The highest BCUT2D eigenvalue weighted by molar-refractivity contribution is 7.22. The summed E-state index contributed by atoms with van der Waals surface area (Å²) in [4.78, 5) is 44.5. The van der Waals surface area contributed by atoms with Crippen molar-refractivity contribution in [1.82, 2.24) is 4.98 Å². The van der Waals surface area contributed by atoms with Crippen molar-refractivity contribution in [3.63, 3.8) is 0 Å². The number of carboxylic acids is 1. The lowest BCUT2D eigenvalue weighted by Gasteiger charge is -2.21. The number of aromatic carboxylic acids is 1. The highest BCUT2D eigenvalue weighted by Gasteiger charge is 2.49. The zero-order chi connectivity index (χ0) is 25.7. The number of amides is 1. The fourth-order valence-electron chi connectivity index (χ4n) is 4.15. The topological polar surface area (TPSA) is 117 Å². The van der Waals surface area contributed by atoms with Gasteiger partial charge >= 0.3 is 11.9 Å². The van der Waals surface area contributed by atoms with E-state index in [2.05, 4.69) is 4.98 Å². The van der Waals surface area contributed by atoms with Crippen LogP contribution in [0.25, 0.3) is 16.0 Å². The van der Waals surface area contributed by atoms with E-state index in [9.17, 15) is 24.6 Å². The quantitative estimate of drug-likeness (QED) is 0.191. The molecule has 0 aliphatic carbocycles. The first-order valence-electron chi connectivity index (χ1n) is 10.5. The second-order valence-electron chi connectivity index (χ2n) is 8.00. The van der Waals surface area contributed by atoms with Gasteiger partial charge in [0, 0.05) is 4.88 Å². The Hall–Kier alpha value is -3.73. The number of aliphatic hydroxyl groups is 1. The van der Waals surface area contributed by atoms with Crippen LogP contribution in [0, 0.1) is 6.92 Å². The summed E-state index contributed by atoms with van der Waals surface area (Å²) in [6.45, 7) is 1.78. The molecule has 0 radical (unpaired) electrons. The van der Waals surface area contributed by atoms with Crippen molar-refractivity contribution < 1.29 is 29.3 Å². The van der Waals surface area contributed by atoms with Crippen LogP contribution >= 0.6 is 34.3 Å². The van der Waals surface area contributed by atoms with Crippen LogP contribution in [0.2, 0.25) is 5.02 Å². The summed E-state index contributed by atoms with van der Waals surface area (Å²) in [6, 6.07) is 10.3. The molecule has 3 heterocycles. The Bertz CT molecular complexity index is 1590. The molecule has 2 aromatic carbocycles. The molecule has 36 heavy (non-hydrogen) atoms. The van der Waals surface area contributed by atoms with Gasteiger partial charge in [0.1, 0.15) is 17.6 Å². The Morgan fingerprint density at radius 2 is 1.94 bits per heavy atom. The molecule has 2 N–H and O–H groups in total. The number of thiazole rings is 1. The van der Waals surface area contributed by atoms with E-state index in [1.807, 2.05) is 0 Å². The van der Waals surface area contributed by atoms with E-state index in [1.165, 1.54) is 35.5 Å². The van der Waals surface area contributed by atoms with Crippen molar-refractivity contribution in [2.24, 2.45) is 0 Å². The molecule has 5 rings (SSSR count). The van der Waals surface area contributed by atoms with E-state index in [1.54, 1.807) is 42.6 Å². The molecule has 0 saturated carbocycles. The van der Waals surface area contributed by atoms with E-state index in [0.717, 1.165) is 16.9 Å². The number of anilines is 1. The minimum absolute atomic E-state index is 0.0815. The van der Waals surface area contributed by atoms with E-state index in [4.69, 9.17) is 16.3 Å². The lowest BCUT2D eigenvalue weighted by molar-refractivity contribution is -0.132. The van der Waals surface area contributed by atoms with Crippen LogP contribution in [0.5, 0.6) is 5.75 Å². The third kappa shape index (κ3) is 3.83. The van der Waals surface area contributed by atoms with E-state index >= 15 is 0 Å². The molecule has 1 aliphatic rings. The summed E-state index contributed by atoms with van der Waals surface area (Å²) in [5, 5.41) is 23.0. The SMILES string of the molecule is COc1c(Cl)cc(C)cc1/C(O)=C1\C(=O)C(=O)N(c2nc3ccc(C(=O)O)cc3s2)C1c1cccs1. The molecule has 182 valence electrons. The number of ketones is 1. The molecule has 8 nitrogen and oxygen atoms in total. The van der Waals surface area contributed by atoms with Gasteiger partial charge in [0.2, 0.25) is 0 Å². The van der Waals surface area contributed by atoms with Crippen LogP contribution in [0.3, 0.4) is 0 Å². The fourth-order valence-corrected chi connectivity index (χ4v) is 6.36. The molecule has 1 fully saturated rings. The van der Waals surface area contributed by atoms with Gasteiger partial charge in [-0.25, -0.2) is 9.78 Å². The van der Waals surface area contributed by atoms with E-state index in [0.29, 0.717) is 15.1 Å². The van der Waals surface area contributed by atoms with Gasteiger partial charge in [0.25, 0.3) is 5.78 Å². The summed E-state index contributed by atoms with van der Waals surface area (Å²) < 4.78 is 5.94. The Morgan fingerprint density at radius 1 is 1.17 bits per heavy atom. The highest BCUT2D eigenvalue weighted by Crippen LogP contribution is 2.47. The minimum atomic E-state index is -1.09. The van der Waals surface area contributed by atoms with Crippen molar-refractivity contribution in [3.8, 4) is 5.75 Å². The average molecular weight is 541 g/mol. The van der Waals surface area contributed by atoms with Crippen molar-refractivity contribution >= 4 is 73.0 Å². The molecule has 1 saturated heterocycles. The molecule has 0 bridgehead atoms. The summed E-state index contributed by atoms with van der Waals surface area (Å²) in [5.74, 6) is -3.05. The lowest BCUT2D eigenvalue weighted by Crippen LogP contribution is -2.28.